The predicted octanol–water partition coefficient (Wildman–Crippen LogP) is -0.218. The third-order valence-electron chi connectivity index (χ3n) is 11.9. The van der Waals surface area contributed by atoms with Gasteiger partial charge in [0.1, 0.15) is 36.8 Å². The molecule has 6 rings (SSSR count). The fraction of sp³-hybridized carbons (Fsp3) is 0.590. The molecule has 280 valence electrons. The van der Waals surface area contributed by atoms with Gasteiger partial charge in [-0.25, -0.2) is 0 Å². The van der Waals surface area contributed by atoms with Gasteiger partial charge in [-0.15, -0.1) is 0 Å². The second-order valence-electron chi connectivity index (χ2n) is 15.3. The van der Waals surface area contributed by atoms with Crippen LogP contribution in [0.4, 0.5) is 0 Å². The van der Waals surface area contributed by atoms with Crippen molar-refractivity contribution in [1.82, 2.24) is 0 Å². The van der Waals surface area contributed by atoms with Crippen LogP contribution in [0.25, 0.3) is 0 Å². The Bertz CT molecular complexity index is 1390. The number of carbonyl (C=O) groups is 4. The quantitative estimate of drug-likeness (QED) is 0.165. The molecule has 4 aliphatic heterocycles. The zero-order valence-electron chi connectivity index (χ0n) is 30.2. The molecule has 0 saturated carbocycles. The van der Waals surface area contributed by atoms with E-state index in [0.29, 0.717) is 42.1 Å². The Hall–Kier alpha value is -2.80. The van der Waals surface area contributed by atoms with Gasteiger partial charge in [-0.2, -0.15) is 0 Å². The molecule has 0 N–H and O–H groups in total. The van der Waals surface area contributed by atoms with E-state index in [1.54, 1.807) is 0 Å². The van der Waals surface area contributed by atoms with Crippen molar-refractivity contribution in [2.24, 2.45) is 0 Å². The number of ether oxygens (including phenoxy) is 4. The van der Waals surface area contributed by atoms with E-state index in [4.69, 9.17) is 18.9 Å². The molecule has 4 saturated heterocycles. The van der Waals surface area contributed by atoms with Gasteiger partial charge >= 0.3 is 23.9 Å². The number of halogens is 2. The zero-order valence-corrected chi connectivity index (χ0v) is 33.4. The second-order valence-corrected chi connectivity index (χ2v) is 15.3. The van der Waals surface area contributed by atoms with Gasteiger partial charge in [-0.05, 0) is 55.0 Å². The van der Waals surface area contributed by atoms with Crippen LogP contribution in [0.2, 0.25) is 0 Å². The standard InChI is InChI=1S/C39H52N2O8.2BrH/c1-26(42)46-34-16-8-28(9-17-34)24-40(3)30-12-13-31(40)21-36(20-30)48-38(44)6-5-7-39(45)49-37-22-32-14-15-33(23-37)41(32,4)25-29-10-18-35(19-11-29)47-27(2)43;;/h8-11,16-19,30-33,36-37H,5-7,12-15,20-25H2,1-4H3;2*1H/q+2;;/p-2. The van der Waals surface area contributed by atoms with Crippen LogP contribution in [0.5, 0.6) is 11.5 Å². The lowest BCUT2D eigenvalue weighted by molar-refractivity contribution is -0.961. The van der Waals surface area contributed by atoms with Crippen LogP contribution in [-0.4, -0.2) is 83.3 Å². The van der Waals surface area contributed by atoms with Crippen molar-refractivity contribution in [3.05, 3.63) is 59.7 Å². The van der Waals surface area contributed by atoms with E-state index in [9.17, 15) is 19.2 Å². The molecule has 4 bridgehead atoms. The number of esters is 4. The molecule has 4 atom stereocenters. The van der Waals surface area contributed by atoms with Gasteiger partial charge in [0, 0.05) is 89.2 Å². The van der Waals surface area contributed by atoms with Crippen LogP contribution < -0.4 is 43.4 Å². The van der Waals surface area contributed by atoms with Crippen LogP contribution >= 0.6 is 0 Å². The number of fused-ring (bicyclic) bond motifs is 4. The predicted molar refractivity (Wildman–Crippen MR) is 181 cm³/mol. The molecule has 10 nitrogen and oxygen atoms in total. The van der Waals surface area contributed by atoms with Crippen LogP contribution in [-0.2, 0) is 41.7 Å². The molecule has 4 unspecified atom stereocenters. The summed E-state index contributed by atoms with van der Waals surface area (Å²) in [6.07, 6.45) is 8.64. The smallest absolute Gasteiger partial charge is 0.308 e. The third kappa shape index (κ3) is 9.80. The molecular formula is C39H52Br2N2O8. The number of nitrogens with zero attached hydrogens (tertiary/aromatic N) is 2. The molecule has 4 fully saturated rings. The summed E-state index contributed by atoms with van der Waals surface area (Å²) >= 11 is 0. The minimum absolute atomic E-state index is 0. The number of benzene rings is 2. The highest BCUT2D eigenvalue weighted by Crippen LogP contribution is 2.45. The Labute approximate surface area is 322 Å². The first-order valence-electron chi connectivity index (χ1n) is 18.0. The fourth-order valence-electron chi connectivity index (χ4n) is 9.41. The monoisotopic (exact) mass is 834 g/mol. The molecule has 0 spiro atoms. The van der Waals surface area contributed by atoms with Crippen LogP contribution in [0.15, 0.2) is 48.5 Å². The lowest BCUT2D eigenvalue weighted by atomic mass is 9.95. The van der Waals surface area contributed by atoms with Crippen molar-refractivity contribution >= 4 is 23.9 Å². The van der Waals surface area contributed by atoms with Gasteiger partial charge in [0.05, 0.1) is 38.3 Å². The van der Waals surface area contributed by atoms with Crippen molar-refractivity contribution in [2.75, 3.05) is 14.1 Å². The highest BCUT2D eigenvalue weighted by molar-refractivity contribution is 5.73. The van der Waals surface area contributed by atoms with E-state index < -0.39 is 0 Å². The molecule has 0 amide bonds. The Balaban J connectivity index is 0.00000292. The van der Waals surface area contributed by atoms with Crippen LogP contribution in [0.3, 0.4) is 0 Å². The van der Waals surface area contributed by atoms with Gasteiger partial charge in [0.25, 0.3) is 0 Å². The third-order valence-corrected chi connectivity index (χ3v) is 11.9. The first-order valence-corrected chi connectivity index (χ1v) is 18.0. The summed E-state index contributed by atoms with van der Waals surface area (Å²) in [5.41, 5.74) is 2.41. The second kappa shape index (κ2) is 17.4. The van der Waals surface area contributed by atoms with Crippen molar-refractivity contribution < 1.29 is 81.1 Å². The number of hydrogen-bond acceptors (Lipinski definition) is 8. The highest BCUT2D eigenvalue weighted by Gasteiger charge is 2.53. The maximum atomic E-state index is 12.8. The number of rotatable bonds is 12. The normalized spacial score (nSPS) is 30.3. The molecule has 0 radical (unpaired) electrons. The Kier molecular flexibility index (Phi) is 13.9. The molecule has 2 aromatic carbocycles. The highest BCUT2D eigenvalue weighted by atomic mass is 79.9. The lowest BCUT2D eigenvalue weighted by Gasteiger charge is -2.47. The van der Waals surface area contributed by atoms with E-state index in [1.807, 2.05) is 48.5 Å². The van der Waals surface area contributed by atoms with Gasteiger partial charge < -0.3 is 61.9 Å². The van der Waals surface area contributed by atoms with Crippen LogP contribution in [0.1, 0.15) is 95.6 Å². The Morgan fingerprint density at radius 3 is 1.18 bits per heavy atom. The fourth-order valence-corrected chi connectivity index (χ4v) is 9.41. The summed E-state index contributed by atoms with van der Waals surface area (Å²) in [5, 5.41) is 0. The van der Waals surface area contributed by atoms with Crippen LogP contribution in [0, 0.1) is 0 Å². The average Bonchev–Trinajstić information content (AvgIpc) is 3.27. The number of carbonyl (C=O) groups excluding carboxylic acids is 4. The maximum absolute atomic E-state index is 12.8. The summed E-state index contributed by atoms with van der Waals surface area (Å²) in [5.74, 6) is 0.0229. The minimum Gasteiger partial charge on any atom is -1.00 e. The van der Waals surface area contributed by atoms with E-state index >= 15 is 0 Å². The minimum atomic E-state index is -0.324. The molecule has 0 aliphatic carbocycles. The molecule has 2 aromatic rings. The van der Waals surface area contributed by atoms with Crippen molar-refractivity contribution in [3.8, 4) is 11.5 Å². The molecule has 4 aliphatic rings. The number of piperidine rings is 2. The molecule has 51 heavy (non-hydrogen) atoms. The Morgan fingerprint density at radius 2 is 0.882 bits per heavy atom. The zero-order chi connectivity index (χ0) is 34.8. The summed E-state index contributed by atoms with van der Waals surface area (Å²) < 4.78 is 24.2. The first-order chi connectivity index (χ1) is 23.4. The summed E-state index contributed by atoms with van der Waals surface area (Å²) in [6, 6.07) is 17.2. The summed E-state index contributed by atoms with van der Waals surface area (Å²) in [6.45, 7) is 4.59. The number of hydrogen-bond donors (Lipinski definition) is 0. The van der Waals surface area contributed by atoms with Crippen molar-refractivity contribution in [2.45, 2.75) is 134 Å². The van der Waals surface area contributed by atoms with Crippen molar-refractivity contribution in [3.63, 3.8) is 0 Å². The molecular weight excluding hydrogens is 784 g/mol. The largest absolute Gasteiger partial charge is 1.00 e. The van der Waals surface area contributed by atoms with E-state index in [1.165, 1.54) is 25.0 Å². The van der Waals surface area contributed by atoms with Crippen molar-refractivity contribution in [1.29, 1.82) is 0 Å². The number of quaternary nitrogens is 2. The summed E-state index contributed by atoms with van der Waals surface area (Å²) in [7, 11) is 4.63. The van der Waals surface area contributed by atoms with Gasteiger partial charge in [-0.1, -0.05) is 0 Å². The topological polar surface area (TPSA) is 105 Å². The maximum Gasteiger partial charge on any atom is 0.308 e. The van der Waals surface area contributed by atoms with Gasteiger partial charge in [-0.3, -0.25) is 19.2 Å². The van der Waals surface area contributed by atoms with Gasteiger partial charge in [0.15, 0.2) is 0 Å². The van der Waals surface area contributed by atoms with E-state index in [-0.39, 0.29) is 82.9 Å². The molecule has 4 heterocycles. The lowest BCUT2D eigenvalue weighted by Crippen LogP contribution is -3.00. The first kappa shape index (κ1) is 41.0. The average molecular weight is 837 g/mol. The summed E-state index contributed by atoms with van der Waals surface area (Å²) in [4.78, 5) is 48.1. The molecule has 12 heteroatoms. The van der Waals surface area contributed by atoms with E-state index in [2.05, 4.69) is 14.1 Å². The van der Waals surface area contributed by atoms with Gasteiger partial charge in [0.2, 0.25) is 0 Å². The van der Waals surface area contributed by atoms with E-state index in [0.717, 1.165) is 73.4 Å². The Morgan fingerprint density at radius 1 is 0.569 bits per heavy atom. The SMILES string of the molecule is CC(=O)Oc1ccc(C[N+]2(C)C3CCC2CC(OC(=O)CCCC(=O)OC2CC4CCC(C2)[N+]4(C)Cc2ccc(OC(C)=O)cc2)C3)cc1.[Br-].[Br-]. The molecule has 0 aromatic heterocycles.